The molecule has 5 N–H and O–H groups in total. The van der Waals surface area contributed by atoms with Crippen molar-refractivity contribution in [1.29, 1.82) is 10.5 Å². The van der Waals surface area contributed by atoms with E-state index in [0.717, 1.165) is 16.7 Å². The standard InChI is InChI=1S/C36H55N2O10P/c1-22(16-18-38)13-12-14-23(2)24(3)19-25(4)32(41)27(6)28(39)20-31(45-9)33-34(48-49(42,43)44)35(7,8)36(47-33)21-29(40)26(5)30(46-36)15-10-11-17-37/h10-14,16,19,25-34,39-41H,15,20-21H2,1-9H3,(H2,42,43,44)/b11-10+,13-12+,22-16-,23-14+,24-19+/t25-,26+,27+,28+,29-,30+,31+,32-,33-,34+,36+/m1/s1. The monoisotopic (exact) mass is 706 g/mol. The quantitative estimate of drug-likeness (QED) is 0.0852. The van der Waals surface area contributed by atoms with E-state index in [0.29, 0.717) is 6.42 Å². The molecule has 11 atom stereocenters. The van der Waals surface area contributed by atoms with Gasteiger partial charge in [0.1, 0.15) is 12.2 Å². The number of methoxy groups -OCH3 is 1. The van der Waals surface area contributed by atoms with Crippen LogP contribution in [0.2, 0.25) is 0 Å². The molecule has 2 saturated heterocycles. The van der Waals surface area contributed by atoms with Gasteiger partial charge in [0.05, 0.1) is 42.7 Å². The molecular weight excluding hydrogens is 651 g/mol. The average molecular weight is 707 g/mol. The topological polar surface area (TPSA) is 203 Å². The van der Waals surface area contributed by atoms with Gasteiger partial charge < -0.3 is 39.3 Å². The number of ether oxygens (including phenoxy) is 3. The number of hydrogen-bond acceptors (Lipinski definition) is 10. The summed E-state index contributed by atoms with van der Waals surface area (Å²) < 4.78 is 36.4. The minimum atomic E-state index is -5.07. The molecule has 49 heavy (non-hydrogen) atoms. The van der Waals surface area contributed by atoms with Crippen molar-refractivity contribution in [3.05, 3.63) is 59.3 Å². The molecule has 2 aliphatic heterocycles. The van der Waals surface area contributed by atoms with Gasteiger partial charge in [0, 0.05) is 55.3 Å². The molecule has 0 amide bonds. The van der Waals surface area contributed by atoms with Crippen LogP contribution < -0.4 is 0 Å². The van der Waals surface area contributed by atoms with Crippen LogP contribution >= 0.6 is 7.82 Å². The van der Waals surface area contributed by atoms with Gasteiger partial charge in [0.2, 0.25) is 0 Å². The molecular formula is C36H55N2O10P. The molecule has 2 heterocycles. The molecule has 0 aromatic rings. The van der Waals surface area contributed by atoms with Gasteiger partial charge in [-0.3, -0.25) is 4.52 Å². The summed E-state index contributed by atoms with van der Waals surface area (Å²) >= 11 is 0. The molecule has 0 unspecified atom stereocenters. The fourth-order valence-corrected chi connectivity index (χ4v) is 7.24. The van der Waals surface area contributed by atoms with Crippen LogP contribution in [0, 0.1) is 45.8 Å². The fourth-order valence-electron chi connectivity index (χ4n) is 6.56. The lowest BCUT2D eigenvalue weighted by Gasteiger charge is -2.50. The van der Waals surface area contributed by atoms with Gasteiger partial charge in [-0.25, -0.2) is 4.57 Å². The minimum Gasteiger partial charge on any atom is -0.393 e. The predicted octanol–water partition coefficient (Wildman–Crippen LogP) is 5.16. The number of allylic oxidation sites excluding steroid dienone is 8. The van der Waals surface area contributed by atoms with Gasteiger partial charge in [-0.1, -0.05) is 70.6 Å². The number of hydrogen-bond donors (Lipinski definition) is 5. The van der Waals surface area contributed by atoms with Gasteiger partial charge in [0.25, 0.3) is 0 Å². The molecule has 13 heteroatoms. The number of aliphatic hydroxyl groups is 3. The van der Waals surface area contributed by atoms with Crippen LogP contribution in [0.5, 0.6) is 0 Å². The normalized spacial score (nSPS) is 31.4. The maximum absolute atomic E-state index is 12.2. The molecule has 12 nitrogen and oxygen atoms in total. The number of nitriles is 2. The molecule has 1 spiro atoms. The Bertz CT molecular complexity index is 1400. The zero-order chi connectivity index (χ0) is 37.3. The molecule has 0 aromatic heterocycles. The van der Waals surface area contributed by atoms with E-state index in [-0.39, 0.29) is 24.7 Å². The van der Waals surface area contributed by atoms with Gasteiger partial charge in [-0.05, 0) is 38.3 Å². The van der Waals surface area contributed by atoms with Crippen molar-refractivity contribution >= 4 is 7.82 Å². The number of aliphatic hydroxyl groups excluding tert-OH is 3. The molecule has 2 aliphatic rings. The zero-order valence-corrected chi connectivity index (χ0v) is 30.9. The lowest BCUT2D eigenvalue weighted by molar-refractivity contribution is -0.334. The van der Waals surface area contributed by atoms with Crippen molar-refractivity contribution in [2.75, 3.05) is 7.11 Å². The summed E-state index contributed by atoms with van der Waals surface area (Å²) in [6, 6.07) is 3.92. The second-order valence-electron chi connectivity index (χ2n) is 14.0. The highest BCUT2D eigenvalue weighted by Gasteiger charge is 2.67. The summed E-state index contributed by atoms with van der Waals surface area (Å²) in [5.74, 6) is -2.87. The third-order valence-corrected chi connectivity index (χ3v) is 10.6. The Morgan fingerprint density at radius 2 is 1.76 bits per heavy atom. The van der Waals surface area contributed by atoms with Gasteiger partial charge >= 0.3 is 7.82 Å². The first-order valence-electron chi connectivity index (χ1n) is 16.6. The number of nitrogens with zero attached hydrogens (tertiary/aromatic N) is 2. The Kier molecular flexibility index (Phi) is 15.8. The van der Waals surface area contributed by atoms with E-state index in [2.05, 4.69) is 0 Å². The number of phosphoric ester groups is 1. The average Bonchev–Trinajstić information content (AvgIpc) is 3.21. The summed E-state index contributed by atoms with van der Waals surface area (Å²) in [5, 5.41) is 51.5. The lowest BCUT2D eigenvalue weighted by atomic mass is 9.72. The van der Waals surface area contributed by atoms with Crippen molar-refractivity contribution in [3.63, 3.8) is 0 Å². The van der Waals surface area contributed by atoms with Gasteiger partial charge in [0.15, 0.2) is 5.79 Å². The maximum Gasteiger partial charge on any atom is 0.469 e. The zero-order valence-electron chi connectivity index (χ0n) is 30.1. The minimum absolute atomic E-state index is 0.0196. The molecule has 0 saturated carbocycles. The second-order valence-corrected chi connectivity index (χ2v) is 15.2. The Balaban J connectivity index is 2.33. The van der Waals surface area contributed by atoms with E-state index < -0.39 is 67.7 Å². The van der Waals surface area contributed by atoms with Crippen LogP contribution in [0.15, 0.2) is 59.3 Å². The van der Waals surface area contributed by atoms with Crippen molar-refractivity contribution < 1.29 is 48.4 Å². The van der Waals surface area contributed by atoms with Crippen LogP contribution in [0.4, 0.5) is 0 Å². The Morgan fingerprint density at radius 3 is 2.33 bits per heavy atom. The van der Waals surface area contributed by atoms with Crippen LogP contribution in [-0.2, 0) is 23.3 Å². The van der Waals surface area contributed by atoms with E-state index >= 15 is 0 Å². The molecule has 0 bridgehead atoms. The molecule has 0 radical (unpaired) electrons. The molecule has 2 fully saturated rings. The van der Waals surface area contributed by atoms with Gasteiger partial charge in [-0.15, -0.1) is 0 Å². The molecule has 0 aliphatic carbocycles. The summed E-state index contributed by atoms with van der Waals surface area (Å²) in [5.41, 5.74) is 1.49. The highest BCUT2D eigenvalue weighted by molar-refractivity contribution is 7.46. The van der Waals surface area contributed by atoms with Crippen LogP contribution in [-0.4, -0.2) is 80.7 Å². The first-order chi connectivity index (χ1) is 22.7. The first-order valence-corrected chi connectivity index (χ1v) is 18.1. The molecule has 274 valence electrons. The van der Waals surface area contributed by atoms with Crippen molar-refractivity contribution in [2.45, 2.75) is 123 Å². The predicted molar refractivity (Wildman–Crippen MR) is 184 cm³/mol. The first kappa shape index (κ1) is 42.7. The van der Waals surface area contributed by atoms with Crippen LogP contribution in [0.3, 0.4) is 0 Å². The van der Waals surface area contributed by atoms with Crippen LogP contribution in [0.1, 0.15) is 74.7 Å². The van der Waals surface area contributed by atoms with E-state index in [1.54, 1.807) is 26.8 Å². The summed E-state index contributed by atoms with van der Waals surface area (Å²) in [6.45, 7) is 14.4. The third kappa shape index (κ3) is 11.0. The molecule has 2 rings (SSSR count). The smallest absolute Gasteiger partial charge is 0.393 e. The Hall–Kier alpha value is -2.45. The van der Waals surface area contributed by atoms with Crippen molar-refractivity contribution in [3.8, 4) is 12.1 Å². The maximum atomic E-state index is 12.2. The highest BCUT2D eigenvalue weighted by atomic mass is 31.2. The Morgan fingerprint density at radius 1 is 1.10 bits per heavy atom. The number of phosphoric acid groups is 1. The fraction of sp³-hybridized carbons (Fsp3) is 0.667. The van der Waals surface area contributed by atoms with E-state index in [1.165, 1.54) is 19.3 Å². The van der Waals surface area contributed by atoms with Crippen molar-refractivity contribution in [2.24, 2.45) is 23.2 Å². The van der Waals surface area contributed by atoms with E-state index in [9.17, 15) is 29.7 Å². The highest BCUT2D eigenvalue weighted by Crippen LogP contribution is 2.58. The summed E-state index contributed by atoms with van der Waals surface area (Å²) in [6.07, 6.45) is 5.15. The SMILES string of the molecule is CO[C@@H](C[C@H](O)[C@H](C)[C@H](O)[C@H](C)/C=C(C)/C(C)=C/C=C/C(C)=C\C#N)[C@H]1O[C@@]2(C[C@@H](O)[C@H](C)[C@H](C/C=C/C#N)O2)C(C)(C)[C@H]1OP(=O)(O)O. The van der Waals surface area contributed by atoms with Crippen molar-refractivity contribution in [1.82, 2.24) is 0 Å². The van der Waals surface area contributed by atoms with E-state index in [4.69, 9.17) is 29.3 Å². The third-order valence-electron chi connectivity index (χ3n) is 10.1. The van der Waals surface area contributed by atoms with Gasteiger partial charge in [-0.2, -0.15) is 10.5 Å². The lowest BCUT2D eigenvalue weighted by Crippen LogP contribution is -2.58. The van der Waals surface area contributed by atoms with Crippen LogP contribution in [0.25, 0.3) is 0 Å². The summed E-state index contributed by atoms with van der Waals surface area (Å²) in [4.78, 5) is 19.8. The second kappa shape index (κ2) is 18.2. The largest absolute Gasteiger partial charge is 0.469 e. The summed E-state index contributed by atoms with van der Waals surface area (Å²) in [7, 11) is -3.68. The Labute approximate surface area is 291 Å². The number of rotatable bonds is 15. The molecule has 0 aromatic carbocycles. The van der Waals surface area contributed by atoms with E-state index in [1.807, 2.05) is 71.1 Å².